The molecular weight excluding hydrogens is 902 g/mol. The fraction of sp³-hybridized carbons (Fsp3) is 0.644. The van der Waals surface area contributed by atoms with E-state index in [0.717, 1.165) is 16.0 Å². The molecule has 19 nitrogen and oxygen atoms in total. The fourth-order valence-electron chi connectivity index (χ4n) is 8.26. The predicted molar refractivity (Wildman–Crippen MR) is 244 cm³/mol. The van der Waals surface area contributed by atoms with E-state index in [2.05, 4.69) is 5.32 Å². The lowest BCUT2D eigenvalue weighted by atomic mass is 9.83. The maximum atomic E-state index is 14.3. The van der Waals surface area contributed by atoms with Crippen molar-refractivity contribution in [3.8, 4) is 5.75 Å². The average molecular weight is 967 g/mol. The quantitative estimate of drug-likeness (QED) is 0.0881. The van der Waals surface area contributed by atoms with Gasteiger partial charge in [-0.25, -0.2) is 9.59 Å². The van der Waals surface area contributed by atoms with E-state index in [0.29, 0.717) is 44.2 Å². The number of epoxide rings is 1. The van der Waals surface area contributed by atoms with Crippen molar-refractivity contribution in [1.82, 2.24) is 15.1 Å². The lowest BCUT2D eigenvalue weighted by Crippen LogP contribution is -2.63. The largest absolute Gasteiger partial charge is 0.495 e. The van der Waals surface area contributed by atoms with Crippen LogP contribution in [-0.4, -0.2) is 171 Å². The van der Waals surface area contributed by atoms with E-state index in [1.165, 1.54) is 49.8 Å². The first-order chi connectivity index (χ1) is 31.3. The number of nitrogens with zero attached hydrogens (tertiary/aromatic N) is 3. The summed E-state index contributed by atoms with van der Waals surface area (Å²) >= 11 is 7.98. The number of thioether (sulfide) groups is 1. The summed E-state index contributed by atoms with van der Waals surface area (Å²) in [5.74, 6) is -2.43. The molecule has 4 aliphatic heterocycles. The molecule has 21 heteroatoms. The van der Waals surface area contributed by atoms with Crippen LogP contribution in [0.4, 0.5) is 10.5 Å². The molecule has 0 radical (unpaired) electrons. The third-order valence-electron chi connectivity index (χ3n) is 12.5. The number of alkyl carbamates (subject to hydrolysis) is 1. The molecule has 5 amide bonds. The highest BCUT2D eigenvalue weighted by molar-refractivity contribution is 8.00. The number of carbonyl (C=O) groups is 6. The molecule has 3 saturated heterocycles. The first-order valence-corrected chi connectivity index (χ1v) is 23.4. The van der Waals surface area contributed by atoms with E-state index in [9.17, 15) is 33.9 Å². The van der Waals surface area contributed by atoms with E-state index in [4.69, 9.17) is 50.5 Å². The molecular formula is C45H64ClN5O14S. The number of hydrogen-bond acceptors (Lipinski definition) is 16. The number of carbonyl (C=O) groups excluding carboxylic acids is 6. The molecule has 1 unspecified atom stereocenters. The number of nitrogens with one attached hydrogen (secondary N) is 1. The zero-order valence-corrected chi connectivity index (χ0v) is 40.4. The topological polar surface area (TPSA) is 238 Å². The van der Waals surface area contributed by atoms with Gasteiger partial charge in [0.25, 0.3) is 0 Å². The molecule has 5 rings (SSSR count). The Hall–Kier alpha value is -4.28. The van der Waals surface area contributed by atoms with Crippen LogP contribution < -0.4 is 20.7 Å². The summed E-state index contributed by atoms with van der Waals surface area (Å²) in [5, 5.41) is 13.9. The number of likely N-dealkylation sites (tertiary alicyclic amines) is 1. The standard InChI is InChI=1S/C45H64ClN5O14S/c1-26-10-9-11-34(60-8)45(58)25-32(63-43(57)48-45)27(2)40-44(4,65-40)35(24-37(53)50(6)30-21-29(20-26)22-31(59-7)39(30)46)64-42(56)28(3)49(5)36(52)12-19-66-33-23-38(54)51(41(33)55)14-16-62-18-17-61-15-13-47/h9-11,21-22,27-28,32-35,40,58H,12-20,23-25,47H2,1-8H3,(H,48,57)/b11-9+,26-10+/t27-,28+,32+,33?,34-,35+,40+,44+,45+/m1/s1. The highest BCUT2D eigenvalue weighted by Crippen LogP contribution is 2.49. The molecule has 66 heavy (non-hydrogen) atoms. The van der Waals surface area contributed by atoms with E-state index < -0.39 is 76.8 Å². The molecule has 1 aromatic carbocycles. The summed E-state index contributed by atoms with van der Waals surface area (Å²) in [7, 11) is 5.88. The number of amides is 5. The van der Waals surface area contributed by atoms with Gasteiger partial charge in [-0.1, -0.05) is 42.3 Å². The molecule has 3 fully saturated rings. The van der Waals surface area contributed by atoms with Crippen LogP contribution in [0, 0.1) is 5.92 Å². The molecule has 1 aromatic rings. The van der Waals surface area contributed by atoms with Crippen LogP contribution in [0.3, 0.4) is 0 Å². The Morgan fingerprint density at radius 2 is 1.82 bits per heavy atom. The summed E-state index contributed by atoms with van der Waals surface area (Å²) in [6.07, 6.45) is 0.417. The average Bonchev–Trinajstić information content (AvgIpc) is 3.90. The highest BCUT2D eigenvalue weighted by atomic mass is 35.5. The number of benzene rings is 1. The van der Waals surface area contributed by atoms with E-state index in [1.54, 1.807) is 45.2 Å². The number of nitrogens with two attached hydrogens (primary N) is 1. The summed E-state index contributed by atoms with van der Waals surface area (Å²) in [5.41, 5.74) is 4.25. The lowest BCUT2D eigenvalue weighted by Gasteiger charge is -2.42. The van der Waals surface area contributed by atoms with Gasteiger partial charge < -0.3 is 53.8 Å². The minimum absolute atomic E-state index is 0.000224. The minimum Gasteiger partial charge on any atom is -0.495 e. The number of anilines is 1. The molecule has 366 valence electrons. The maximum Gasteiger partial charge on any atom is 0.409 e. The van der Waals surface area contributed by atoms with Crippen LogP contribution in [0.25, 0.3) is 0 Å². The Morgan fingerprint density at radius 3 is 2.50 bits per heavy atom. The summed E-state index contributed by atoms with van der Waals surface area (Å²) in [6.45, 7) is 8.58. The predicted octanol–water partition coefficient (Wildman–Crippen LogP) is 2.76. The van der Waals surface area contributed by atoms with Gasteiger partial charge in [0.1, 0.15) is 40.7 Å². The molecule has 0 saturated carbocycles. The third kappa shape index (κ3) is 12.6. The number of methoxy groups -OCH3 is 2. The van der Waals surface area contributed by atoms with Crippen molar-refractivity contribution >= 4 is 64.7 Å². The van der Waals surface area contributed by atoms with Crippen molar-refractivity contribution in [2.24, 2.45) is 11.7 Å². The van der Waals surface area contributed by atoms with Gasteiger partial charge >= 0.3 is 12.1 Å². The molecule has 4 aliphatic rings. The molecule has 0 aliphatic carbocycles. The van der Waals surface area contributed by atoms with Crippen molar-refractivity contribution in [3.63, 3.8) is 0 Å². The van der Waals surface area contributed by atoms with Crippen molar-refractivity contribution in [1.29, 1.82) is 0 Å². The van der Waals surface area contributed by atoms with Gasteiger partial charge in [-0.15, -0.1) is 11.8 Å². The van der Waals surface area contributed by atoms with Crippen LogP contribution >= 0.6 is 23.4 Å². The fourth-order valence-corrected chi connectivity index (χ4v) is 9.68. The Kier molecular flexibility index (Phi) is 18.5. The second-order valence-electron chi connectivity index (χ2n) is 17.1. The number of fused-ring (bicyclic) bond motifs is 5. The monoisotopic (exact) mass is 965 g/mol. The first-order valence-electron chi connectivity index (χ1n) is 21.9. The number of imide groups is 1. The van der Waals surface area contributed by atoms with Crippen LogP contribution in [0.1, 0.15) is 58.9 Å². The van der Waals surface area contributed by atoms with Crippen LogP contribution in [-0.2, 0) is 58.8 Å². The van der Waals surface area contributed by atoms with E-state index in [1.807, 2.05) is 13.0 Å². The number of esters is 1. The number of hydrogen-bond donors (Lipinski definition) is 3. The van der Waals surface area contributed by atoms with E-state index >= 15 is 0 Å². The van der Waals surface area contributed by atoms with Gasteiger partial charge in [-0.05, 0) is 44.9 Å². The number of ether oxygens (including phenoxy) is 7. The maximum absolute atomic E-state index is 14.3. The van der Waals surface area contributed by atoms with Crippen LogP contribution in [0.5, 0.6) is 5.75 Å². The highest BCUT2D eigenvalue weighted by Gasteiger charge is 2.64. The second-order valence-corrected chi connectivity index (χ2v) is 18.8. The van der Waals surface area contributed by atoms with Gasteiger partial charge in [0.2, 0.25) is 23.6 Å². The van der Waals surface area contributed by atoms with Crippen LogP contribution in [0.2, 0.25) is 5.02 Å². The van der Waals surface area contributed by atoms with Gasteiger partial charge in [0.15, 0.2) is 5.72 Å². The Labute approximate surface area is 394 Å². The van der Waals surface area contributed by atoms with E-state index in [-0.39, 0.29) is 61.4 Å². The third-order valence-corrected chi connectivity index (χ3v) is 14.0. The van der Waals surface area contributed by atoms with Crippen molar-refractivity contribution in [2.45, 2.75) is 107 Å². The zero-order valence-electron chi connectivity index (χ0n) is 38.9. The SMILES string of the molecule is COc1cc2cc(c1Cl)N(C)C(=O)C[C@H](OC(=O)[C@H](C)N(C)C(=O)CCSC1CC(=O)N(CCOCCOCCN)C1=O)[C@]1(C)O[C@H]1[C@H](C)[C@@H]1C[C@@](O)(NC(=O)O1)[C@H](OC)/C=C/C=C(\C)C2. The number of aliphatic hydroxyl groups is 1. The Balaban J connectivity index is 1.31. The molecule has 0 aromatic heterocycles. The number of halogens is 1. The summed E-state index contributed by atoms with van der Waals surface area (Å²) < 4.78 is 40.1. The molecule has 4 N–H and O–H groups in total. The van der Waals surface area contributed by atoms with Gasteiger partial charge in [-0.3, -0.25) is 29.4 Å². The van der Waals surface area contributed by atoms with Gasteiger partial charge in [0, 0.05) is 58.7 Å². The van der Waals surface area contributed by atoms with Crippen molar-refractivity contribution in [2.75, 3.05) is 78.5 Å². The van der Waals surface area contributed by atoms with Crippen LogP contribution in [0.15, 0.2) is 35.9 Å². The molecule has 4 bridgehead atoms. The number of rotatable bonds is 17. The lowest BCUT2D eigenvalue weighted by molar-refractivity contribution is -0.162. The summed E-state index contributed by atoms with van der Waals surface area (Å²) in [6, 6.07) is 2.42. The molecule has 9 atom stereocenters. The second kappa shape index (κ2) is 23.1. The Morgan fingerprint density at radius 1 is 1.11 bits per heavy atom. The normalized spacial score (nSPS) is 29.8. The first kappa shape index (κ1) is 52.7. The van der Waals surface area contributed by atoms with Crippen molar-refractivity contribution in [3.05, 3.63) is 46.5 Å². The Bertz CT molecular complexity index is 2030. The van der Waals surface area contributed by atoms with Crippen molar-refractivity contribution < 1.29 is 67.0 Å². The molecule has 0 spiro atoms. The smallest absolute Gasteiger partial charge is 0.409 e. The van der Waals surface area contributed by atoms with Gasteiger partial charge in [-0.2, -0.15) is 0 Å². The summed E-state index contributed by atoms with van der Waals surface area (Å²) in [4.78, 5) is 84.1. The minimum atomic E-state index is -1.87. The number of likely N-dealkylation sites (N-methyl/N-ethyl adjacent to an activating group) is 1. The zero-order chi connectivity index (χ0) is 48.5. The van der Waals surface area contributed by atoms with Gasteiger partial charge in [0.05, 0.1) is 63.5 Å². The number of allylic oxidation sites excluding steroid dienone is 3. The molecule has 4 heterocycles.